The van der Waals surface area contributed by atoms with Crippen LogP contribution >= 0.6 is 11.6 Å². The van der Waals surface area contributed by atoms with Gasteiger partial charge in [0, 0.05) is 30.4 Å². The maximum Gasteiger partial charge on any atom is 0.274 e. The summed E-state index contributed by atoms with van der Waals surface area (Å²) in [5.74, 6) is -0.419. The molecule has 3 aromatic rings. The third-order valence-electron chi connectivity index (χ3n) is 4.56. The first-order valence-electron chi connectivity index (χ1n) is 8.29. The van der Waals surface area contributed by atoms with Crippen LogP contribution in [0, 0.1) is 5.82 Å². The Morgan fingerprint density at radius 2 is 2.15 bits per heavy atom. The number of rotatable bonds is 2. The summed E-state index contributed by atoms with van der Waals surface area (Å²) in [6.07, 6.45) is 5.61. The van der Waals surface area contributed by atoms with Crippen LogP contribution in [-0.2, 0) is 0 Å². The number of nitrogens with zero attached hydrogens (tertiary/aromatic N) is 4. The summed E-state index contributed by atoms with van der Waals surface area (Å²) in [7, 11) is 0. The predicted octanol–water partition coefficient (Wildman–Crippen LogP) is 3.84. The molecule has 132 valence electrons. The Morgan fingerprint density at radius 1 is 1.35 bits per heavy atom. The van der Waals surface area contributed by atoms with Crippen LogP contribution in [0.1, 0.15) is 29.4 Å². The summed E-state index contributed by atoms with van der Waals surface area (Å²) < 4.78 is 15.5. The average Bonchev–Trinajstić information content (AvgIpc) is 3.04. The highest BCUT2D eigenvalue weighted by atomic mass is 35.5. The third kappa shape index (κ3) is 2.97. The van der Waals surface area contributed by atoms with Gasteiger partial charge in [-0.1, -0.05) is 35.9 Å². The fraction of sp³-hybridized carbons (Fsp3) is 0.211. The zero-order valence-corrected chi connectivity index (χ0v) is 14.8. The quantitative estimate of drug-likeness (QED) is 0.688. The van der Waals surface area contributed by atoms with E-state index in [2.05, 4.69) is 10.1 Å². The lowest BCUT2D eigenvalue weighted by Crippen LogP contribution is -2.41. The van der Waals surface area contributed by atoms with Crippen LogP contribution in [0.25, 0.3) is 11.2 Å². The molecule has 0 fully saturated rings. The molecule has 7 heteroatoms. The minimum absolute atomic E-state index is 0.0662. The molecule has 2 aromatic heterocycles. The summed E-state index contributed by atoms with van der Waals surface area (Å²) in [5, 5.41) is 4.72. The van der Waals surface area contributed by atoms with Crippen LogP contribution in [-0.4, -0.2) is 38.0 Å². The third-order valence-corrected chi connectivity index (χ3v) is 4.76. The highest BCUT2D eigenvalue weighted by Gasteiger charge is 2.27. The molecule has 0 radical (unpaired) electrons. The van der Waals surface area contributed by atoms with Crippen molar-refractivity contribution in [3.8, 4) is 0 Å². The Labute approximate surface area is 154 Å². The van der Waals surface area contributed by atoms with E-state index in [1.807, 2.05) is 19.1 Å². The van der Waals surface area contributed by atoms with Crippen LogP contribution in [0.4, 0.5) is 4.39 Å². The molecule has 26 heavy (non-hydrogen) atoms. The molecule has 0 saturated heterocycles. The van der Waals surface area contributed by atoms with Crippen molar-refractivity contribution in [1.82, 2.24) is 19.5 Å². The van der Waals surface area contributed by atoms with Gasteiger partial charge < -0.3 is 4.90 Å². The van der Waals surface area contributed by atoms with Crippen molar-refractivity contribution >= 4 is 28.7 Å². The van der Waals surface area contributed by atoms with Gasteiger partial charge in [-0.2, -0.15) is 5.10 Å². The Bertz CT molecular complexity index is 1030. The molecular weight excluding hydrogens is 355 g/mol. The molecule has 0 N–H and O–H groups in total. The van der Waals surface area contributed by atoms with Gasteiger partial charge in [-0.15, -0.1) is 0 Å². The van der Waals surface area contributed by atoms with E-state index >= 15 is 0 Å². The van der Waals surface area contributed by atoms with E-state index in [9.17, 15) is 9.18 Å². The van der Waals surface area contributed by atoms with Crippen LogP contribution in [0.5, 0.6) is 0 Å². The maximum absolute atomic E-state index is 14.0. The van der Waals surface area contributed by atoms with Crippen molar-refractivity contribution in [3.05, 3.63) is 70.9 Å². The molecule has 0 spiro atoms. The normalized spacial score (nSPS) is 17.4. The monoisotopic (exact) mass is 370 g/mol. The summed E-state index contributed by atoms with van der Waals surface area (Å²) in [6, 6.07) is 8.28. The number of aromatic nitrogens is 3. The van der Waals surface area contributed by atoms with Crippen LogP contribution in [0.3, 0.4) is 0 Å². The van der Waals surface area contributed by atoms with E-state index in [-0.39, 0.29) is 17.8 Å². The van der Waals surface area contributed by atoms with Gasteiger partial charge in [-0.25, -0.2) is 13.9 Å². The second kappa shape index (κ2) is 6.53. The summed E-state index contributed by atoms with van der Waals surface area (Å²) in [4.78, 5) is 18.7. The van der Waals surface area contributed by atoms with Gasteiger partial charge in [-0.05, 0) is 25.0 Å². The Balaban J connectivity index is 1.60. The van der Waals surface area contributed by atoms with E-state index in [0.717, 1.165) is 5.57 Å². The van der Waals surface area contributed by atoms with E-state index < -0.39 is 0 Å². The molecule has 1 atom stereocenters. The van der Waals surface area contributed by atoms with Gasteiger partial charge in [0.2, 0.25) is 0 Å². The van der Waals surface area contributed by atoms with Crippen LogP contribution in [0.2, 0.25) is 5.02 Å². The number of fused-ring (bicyclic) bond motifs is 1. The Hall–Kier alpha value is -2.73. The minimum atomic E-state index is -0.242. The first-order valence-corrected chi connectivity index (χ1v) is 8.66. The Morgan fingerprint density at radius 3 is 2.92 bits per heavy atom. The molecule has 3 heterocycles. The molecule has 1 aliphatic rings. The standard InChI is InChI=1S/C19H16ClFN4O/c1-12-8-13(15-4-2-3-5-16(15)21)6-7-24(12)19(26)17-9-18-22-10-14(20)11-25(18)23-17/h2-6,9-12H,7-8H2,1H3. The van der Waals surface area contributed by atoms with E-state index in [1.54, 1.807) is 29.3 Å². The van der Waals surface area contributed by atoms with Gasteiger partial charge in [-0.3, -0.25) is 4.79 Å². The molecule has 1 amide bonds. The van der Waals surface area contributed by atoms with Crippen molar-refractivity contribution in [2.45, 2.75) is 19.4 Å². The van der Waals surface area contributed by atoms with Crippen molar-refractivity contribution in [3.63, 3.8) is 0 Å². The van der Waals surface area contributed by atoms with Gasteiger partial charge in [0.05, 0.1) is 11.2 Å². The number of carbonyl (C=O) groups excluding carboxylic acids is 1. The van der Waals surface area contributed by atoms with Gasteiger partial charge in [0.25, 0.3) is 5.91 Å². The van der Waals surface area contributed by atoms with Crippen molar-refractivity contribution in [1.29, 1.82) is 0 Å². The second-order valence-corrected chi connectivity index (χ2v) is 6.76. The number of halogens is 2. The van der Waals surface area contributed by atoms with Crippen molar-refractivity contribution in [2.24, 2.45) is 0 Å². The van der Waals surface area contributed by atoms with E-state index in [4.69, 9.17) is 11.6 Å². The first-order chi connectivity index (χ1) is 12.5. The average molecular weight is 371 g/mol. The summed E-state index contributed by atoms with van der Waals surface area (Å²) in [6.45, 7) is 2.36. The van der Waals surface area contributed by atoms with Crippen molar-refractivity contribution < 1.29 is 9.18 Å². The van der Waals surface area contributed by atoms with Gasteiger partial charge in [0.1, 0.15) is 5.82 Å². The molecule has 1 aliphatic heterocycles. The zero-order valence-electron chi connectivity index (χ0n) is 14.1. The lowest BCUT2D eigenvalue weighted by Gasteiger charge is -2.32. The lowest BCUT2D eigenvalue weighted by atomic mass is 9.94. The number of benzene rings is 1. The van der Waals surface area contributed by atoms with Crippen molar-refractivity contribution in [2.75, 3.05) is 6.54 Å². The number of carbonyl (C=O) groups is 1. The summed E-state index contributed by atoms with van der Waals surface area (Å²) >= 11 is 5.91. The zero-order chi connectivity index (χ0) is 18.3. The number of hydrogen-bond acceptors (Lipinski definition) is 3. The van der Waals surface area contributed by atoms with Gasteiger partial charge in [0.15, 0.2) is 11.3 Å². The second-order valence-electron chi connectivity index (χ2n) is 6.32. The smallest absolute Gasteiger partial charge is 0.274 e. The highest BCUT2D eigenvalue weighted by molar-refractivity contribution is 6.30. The fourth-order valence-corrected chi connectivity index (χ4v) is 3.37. The Kier molecular flexibility index (Phi) is 4.20. The molecule has 4 rings (SSSR count). The van der Waals surface area contributed by atoms with E-state index in [1.165, 1.54) is 16.8 Å². The van der Waals surface area contributed by atoms with Gasteiger partial charge >= 0.3 is 0 Å². The van der Waals surface area contributed by atoms with Crippen LogP contribution in [0.15, 0.2) is 48.8 Å². The minimum Gasteiger partial charge on any atom is -0.330 e. The fourth-order valence-electron chi connectivity index (χ4n) is 3.23. The molecule has 5 nitrogen and oxygen atoms in total. The van der Waals surface area contributed by atoms with Crippen LogP contribution < -0.4 is 0 Å². The first kappa shape index (κ1) is 16.7. The molecule has 1 unspecified atom stereocenters. The topological polar surface area (TPSA) is 50.5 Å². The van der Waals surface area contributed by atoms with E-state index in [0.29, 0.717) is 34.9 Å². The molecule has 0 saturated carbocycles. The number of hydrogen-bond donors (Lipinski definition) is 0. The molecule has 0 aliphatic carbocycles. The highest BCUT2D eigenvalue weighted by Crippen LogP contribution is 2.28. The summed E-state index contributed by atoms with van der Waals surface area (Å²) in [5.41, 5.74) is 2.39. The number of amides is 1. The molecule has 1 aromatic carbocycles. The lowest BCUT2D eigenvalue weighted by molar-refractivity contribution is 0.0705. The SMILES string of the molecule is CC1CC(c2ccccc2F)=CCN1C(=O)c1cc2ncc(Cl)cn2n1. The predicted molar refractivity (Wildman–Crippen MR) is 97.5 cm³/mol. The largest absolute Gasteiger partial charge is 0.330 e. The maximum atomic E-state index is 14.0. The molecular formula is C19H16ClFN4O. The molecule has 0 bridgehead atoms.